The van der Waals surface area contributed by atoms with Crippen LogP contribution < -0.4 is 5.32 Å². The van der Waals surface area contributed by atoms with Crippen molar-refractivity contribution in [3.63, 3.8) is 0 Å². The van der Waals surface area contributed by atoms with Crippen LogP contribution in [0.15, 0.2) is 21.6 Å². The van der Waals surface area contributed by atoms with Crippen molar-refractivity contribution in [1.82, 2.24) is 24.7 Å². The zero-order valence-corrected chi connectivity index (χ0v) is 17.8. The van der Waals surface area contributed by atoms with Crippen LogP contribution in [0.25, 0.3) is 11.5 Å². The third-order valence-electron chi connectivity index (χ3n) is 4.88. The fourth-order valence-corrected chi connectivity index (χ4v) is 4.21. The number of halogens is 1. The smallest absolute Gasteiger partial charge is 0.258 e. The summed E-state index contributed by atoms with van der Waals surface area (Å²) in [5.74, 6) is 0.933. The topological polar surface area (TPSA) is 91.6 Å². The summed E-state index contributed by atoms with van der Waals surface area (Å²) >= 11 is 0. The predicted octanol–water partition coefficient (Wildman–Crippen LogP) is 1.60. The summed E-state index contributed by atoms with van der Waals surface area (Å²) < 4.78 is 31.9. The second kappa shape index (κ2) is 8.24. The predicted molar refractivity (Wildman–Crippen MR) is 106 cm³/mol. The molecule has 27 heavy (non-hydrogen) atoms. The van der Waals surface area contributed by atoms with Crippen LogP contribution in [0.1, 0.15) is 23.0 Å². The van der Waals surface area contributed by atoms with Crippen LogP contribution in [0.2, 0.25) is 0 Å². The molecule has 1 fully saturated rings. The van der Waals surface area contributed by atoms with Gasteiger partial charge in [-0.3, -0.25) is 4.90 Å². The summed E-state index contributed by atoms with van der Waals surface area (Å²) in [6.45, 7) is 6.27. The number of sulfonamides is 1. The molecule has 0 bridgehead atoms. The van der Waals surface area contributed by atoms with Gasteiger partial charge in [-0.25, -0.2) is 12.7 Å². The molecule has 1 aromatic heterocycles. The minimum atomic E-state index is -3.56. The van der Waals surface area contributed by atoms with Gasteiger partial charge in [0.15, 0.2) is 5.82 Å². The second-order valence-corrected chi connectivity index (χ2v) is 8.98. The Morgan fingerprint density at radius 3 is 2.63 bits per heavy atom. The zero-order valence-electron chi connectivity index (χ0n) is 16.2. The van der Waals surface area contributed by atoms with E-state index < -0.39 is 10.0 Å². The van der Waals surface area contributed by atoms with Crippen molar-refractivity contribution in [1.29, 1.82) is 0 Å². The molecule has 0 radical (unpaired) electrons. The molecule has 1 aromatic carbocycles. The maximum Gasteiger partial charge on any atom is 0.258 e. The van der Waals surface area contributed by atoms with E-state index in [1.54, 1.807) is 13.0 Å². The molecule has 1 unspecified atom stereocenters. The molecule has 2 aromatic rings. The lowest BCUT2D eigenvalue weighted by Gasteiger charge is -2.30. The Hall–Kier alpha value is -1.52. The summed E-state index contributed by atoms with van der Waals surface area (Å²) in [4.78, 5) is 6.96. The number of piperazine rings is 1. The number of rotatable bonds is 4. The fraction of sp³-hybridized carbons (Fsp3) is 0.529. The first-order chi connectivity index (χ1) is 12.2. The van der Waals surface area contributed by atoms with Crippen LogP contribution in [-0.4, -0.2) is 68.5 Å². The molecular weight excluding hydrogens is 390 g/mol. The molecule has 1 saturated heterocycles. The number of likely N-dealkylation sites (N-methyl/N-ethyl adjacent to an activating group) is 1. The van der Waals surface area contributed by atoms with Crippen LogP contribution >= 0.6 is 12.4 Å². The molecule has 10 heteroatoms. The third kappa shape index (κ3) is 4.17. The number of aryl methyl sites for hydroxylation is 1. The fourth-order valence-electron chi connectivity index (χ4n) is 3.00. The molecule has 0 spiro atoms. The van der Waals surface area contributed by atoms with Gasteiger partial charge in [0.1, 0.15) is 0 Å². The second-order valence-electron chi connectivity index (χ2n) is 6.86. The molecule has 1 aliphatic rings. The first-order valence-corrected chi connectivity index (χ1v) is 9.94. The summed E-state index contributed by atoms with van der Waals surface area (Å²) in [5, 5.41) is 7.44. The van der Waals surface area contributed by atoms with Gasteiger partial charge in [-0.2, -0.15) is 4.98 Å². The van der Waals surface area contributed by atoms with E-state index in [0.717, 1.165) is 30.8 Å². The Labute approximate surface area is 166 Å². The van der Waals surface area contributed by atoms with Gasteiger partial charge in [0.25, 0.3) is 5.89 Å². The normalized spacial score (nSPS) is 18.5. The van der Waals surface area contributed by atoms with Crippen molar-refractivity contribution in [2.75, 3.05) is 40.8 Å². The molecule has 0 saturated carbocycles. The SMILES string of the molecule is Cc1cc(-c2nc(C3CNCCN3C)no2)cc(S(=O)(=O)N(C)C)c1C.Cl. The maximum absolute atomic E-state index is 12.6. The van der Waals surface area contributed by atoms with Gasteiger partial charge in [0, 0.05) is 39.3 Å². The maximum atomic E-state index is 12.6. The Balaban J connectivity index is 0.00000261. The monoisotopic (exact) mass is 415 g/mol. The zero-order chi connectivity index (χ0) is 19.1. The highest BCUT2D eigenvalue weighted by atomic mass is 35.5. The van der Waals surface area contributed by atoms with Gasteiger partial charge in [0.2, 0.25) is 10.0 Å². The number of aromatic nitrogens is 2. The van der Waals surface area contributed by atoms with E-state index >= 15 is 0 Å². The minimum Gasteiger partial charge on any atom is -0.334 e. The molecule has 1 N–H and O–H groups in total. The van der Waals surface area contributed by atoms with E-state index in [1.165, 1.54) is 18.4 Å². The lowest BCUT2D eigenvalue weighted by molar-refractivity contribution is 0.190. The van der Waals surface area contributed by atoms with Crippen LogP contribution in [0.5, 0.6) is 0 Å². The van der Waals surface area contributed by atoms with E-state index in [-0.39, 0.29) is 23.3 Å². The highest BCUT2D eigenvalue weighted by Crippen LogP contribution is 2.29. The Morgan fingerprint density at radius 1 is 1.30 bits per heavy atom. The number of hydrogen-bond donors (Lipinski definition) is 1. The van der Waals surface area contributed by atoms with Gasteiger partial charge < -0.3 is 9.84 Å². The molecule has 0 aliphatic carbocycles. The van der Waals surface area contributed by atoms with Crippen molar-refractivity contribution >= 4 is 22.4 Å². The van der Waals surface area contributed by atoms with E-state index in [9.17, 15) is 8.42 Å². The van der Waals surface area contributed by atoms with E-state index in [4.69, 9.17) is 4.52 Å². The Morgan fingerprint density at radius 2 is 2.00 bits per heavy atom. The lowest BCUT2D eigenvalue weighted by atomic mass is 10.1. The van der Waals surface area contributed by atoms with Gasteiger partial charge in [-0.05, 0) is 44.2 Å². The highest BCUT2D eigenvalue weighted by Gasteiger charge is 2.27. The van der Waals surface area contributed by atoms with Gasteiger partial charge in [-0.1, -0.05) is 5.16 Å². The molecule has 8 nitrogen and oxygen atoms in total. The molecule has 0 amide bonds. The molecule has 1 aliphatic heterocycles. The average Bonchev–Trinajstić information content (AvgIpc) is 3.07. The number of hydrogen-bond acceptors (Lipinski definition) is 7. The van der Waals surface area contributed by atoms with Crippen LogP contribution in [0.4, 0.5) is 0 Å². The number of nitrogens with one attached hydrogen (secondary N) is 1. The van der Waals surface area contributed by atoms with Gasteiger partial charge in [-0.15, -0.1) is 12.4 Å². The summed E-state index contributed by atoms with van der Waals surface area (Å²) in [6.07, 6.45) is 0. The van der Waals surface area contributed by atoms with Gasteiger partial charge >= 0.3 is 0 Å². The summed E-state index contributed by atoms with van der Waals surface area (Å²) in [7, 11) is 1.51. The number of benzene rings is 1. The van der Waals surface area contributed by atoms with Crippen LogP contribution in [0, 0.1) is 13.8 Å². The van der Waals surface area contributed by atoms with E-state index in [1.807, 2.05) is 20.0 Å². The van der Waals surface area contributed by atoms with Crippen molar-refractivity contribution in [2.45, 2.75) is 24.8 Å². The first kappa shape index (κ1) is 21.8. The van der Waals surface area contributed by atoms with Crippen molar-refractivity contribution in [2.24, 2.45) is 0 Å². The average molecular weight is 416 g/mol. The third-order valence-corrected chi connectivity index (χ3v) is 6.82. The quantitative estimate of drug-likeness (QED) is 0.810. The Kier molecular flexibility index (Phi) is 6.64. The van der Waals surface area contributed by atoms with Crippen LogP contribution in [-0.2, 0) is 10.0 Å². The molecule has 150 valence electrons. The molecular formula is C17H26ClN5O3S. The van der Waals surface area contributed by atoms with Crippen molar-refractivity contribution in [3.8, 4) is 11.5 Å². The largest absolute Gasteiger partial charge is 0.334 e. The molecule has 3 rings (SSSR count). The summed E-state index contributed by atoms with van der Waals surface area (Å²) in [6, 6.07) is 3.53. The lowest BCUT2D eigenvalue weighted by Crippen LogP contribution is -2.44. The highest BCUT2D eigenvalue weighted by molar-refractivity contribution is 7.89. The minimum absolute atomic E-state index is 0. The first-order valence-electron chi connectivity index (χ1n) is 8.50. The van der Waals surface area contributed by atoms with Crippen molar-refractivity contribution < 1.29 is 12.9 Å². The van der Waals surface area contributed by atoms with Crippen LogP contribution in [0.3, 0.4) is 0 Å². The molecule has 2 heterocycles. The number of nitrogens with zero attached hydrogens (tertiary/aromatic N) is 4. The Bertz CT molecular complexity index is 913. The standard InChI is InChI=1S/C17H25N5O3S.ClH/c1-11-8-13(9-15(12(11)2)26(23,24)21(3)4)17-19-16(20-25-17)14-10-18-6-7-22(14)5;/h8-9,14,18H,6-7,10H2,1-5H3;1H. The van der Waals surface area contributed by atoms with Crippen molar-refractivity contribution in [3.05, 3.63) is 29.1 Å². The van der Waals surface area contributed by atoms with E-state index in [2.05, 4.69) is 20.4 Å². The van der Waals surface area contributed by atoms with Gasteiger partial charge in [0.05, 0.1) is 10.9 Å². The van der Waals surface area contributed by atoms with E-state index in [0.29, 0.717) is 17.3 Å². The summed E-state index contributed by atoms with van der Waals surface area (Å²) in [5.41, 5.74) is 2.19. The molecule has 1 atom stereocenters.